The van der Waals surface area contributed by atoms with Crippen LogP contribution in [0, 0.1) is 10.1 Å². The first-order valence-electron chi connectivity index (χ1n) is 8.08. The Kier molecular flexibility index (Phi) is 4.10. The Morgan fingerprint density at radius 1 is 1.12 bits per heavy atom. The van der Waals surface area contributed by atoms with Crippen molar-refractivity contribution in [3.05, 3.63) is 88.6 Å². The van der Waals surface area contributed by atoms with Gasteiger partial charge in [0.25, 0.3) is 0 Å². The van der Waals surface area contributed by atoms with E-state index >= 15 is 0 Å². The second-order valence-electron chi connectivity index (χ2n) is 5.77. The van der Waals surface area contributed by atoms with Crippen molar-refractivity contribution in [1.82, 2.24) is 0 Å². The zero-order valence-electron chi connectivity index (χ0n) is 13.7. The molecule has 0 radical (unpaired) electrons. The molecule has 0 N–H and O–H groups in total. The van der Waals surface area contributed by atoms with Crippen molar-refractivity contribution < 1.29 is 13.8 Å². The third-order valence-electron chi connectivity index (χ3n) is 4.06. The molecule has 0 bridgehead atoms. The summed E-state index contributed by atoms with van der Waals surface area (Å²) in [6.45, 7) is 0. The highest BCUT2D eigenvalue weighted by Crippen LogP contribution is 2.35. The van der Waals surface area contributed by atoms with Crippen molar-refractivity contribution in [3.8, 4) is 0 Å². The Labute approximate surface area is 149 Å². The highest BCUT2D eigenvalue weighted by Gasteiger charge is 2.30. The summed E-state index contributed by atoms with van der Waals surface area (Å²) in [5, 5.41) is 17.3. The number of nitrogens with zero attached hydrogens (tertiary/aromatic N) is 3. The first-order valence-corrected chi connectivity index (χ1v) is 8.08. The molecule has 3 aromatic rings. The van der Waals surface area contributed by atoms with Crippen LogP contribution >= 0.6 is 0 Å². The number of nitro groups is 1. The number of hydrazone groups is 1. The summed E-state index contributed by atoms with van der Waals surface area (Å²) in [4.78, 5) is 10.1. The monoisotopic (exact) mass is 349 g/mol. The van der Waals surface area contributed by atoms with Crippen LogP contribution < -0.4 is 5.01 Å². The van der Waals surface area contributed by atoms with Crippen molar-refractivity contribution in [2.75, 3.05) is 5.01 Å². The second kappa shape index (κ2) is 6.72. The van der Waals surface area contributed by atoms with Crippen LogP contribution in [0.3, 0.4) is 0 Å². The van der Waals surface area contributed by atoms with Crippen LogP contribution in [0.25, 0.3) is 6.08 Å². The van der Waals surface area contributed by atoms with Crippen LogP contribution in [-0.4, -0.2) is 10.6 Å². The topological polar surface area (TPSA) is 85.0 Å². The molecule has 2 aromatic heterocycles. The van der Waals surface area contributed by atoms with Crippen LogP contribution in [0.1, 0.15) is 24.0 Å². The fraction of sp³-hybridized carbons (Fsp3) is 0.105. The fourth-order valence-corrected chi connectivity index (χ4v) is 2.86. The van der Waals surface area contributed by atoms with Gasteiger partial charge in [0, 0.05) is 6.42 Å². The second-order valence-corrected chi connectivity index (χ2v) is 5.77. The van der Waals surface area contributed by atoms with Crippen molar-refractivity contribution >= 4 is 23.4 Å². The smallest absolute Gasteiger partial charge is 0.433 e. The van der Waals surface area contributed by atoms with Crippen molar-refractivity contribution in [2.45, 2.75) is 12.5 Å². The number of furan rings is 2. The van der Waals surface area contributed by atoms with Gasteiger partial charge < -0.3 is 8.83 Å². The molecule has 1 aliphatic heterocycles. The maximum absolute atomic E-state index is 10.7. The summed E-state index contributed by atoms with van der Waals surface area (Å²) >= 11 is 0. The summed E-state index contributed by atoms with van der Waals surface area (Å²) in [5.74, 6) is 0.958. The summed E-state index contributed by atoms with van der Waals surface area (Å²) in [5.41, 5.74) is 1.79. The zero-order chi connectivity index (χ0) is 17.9. The Morgan fingerprint density at radius 2 is 1.96 bits per heavy atom. The van der Waals surface area contributed by atoms with E-state index < -0.39 is 4.92 Å². The molecule has 0 aliphatic carbocycles. The van der Waals surface area contributed by atoms with E-state index in [1.54, 1.807) is 24.5 Å². The van der Waals surface area contributed by atoms with Crippen LogP contribution in [-0.2, 0) is 0 Å². The van der Waals surface area contributed by atoms with Gasteiger partial charge in [-0.2, -0.15) is 5.10 Å². The molecule has 7 heteroatoms. The lowest BCUT2D eigenvalue weighted by atomic mass is 10.1. The van der Waals surface area contributed by atoms with Gasteiger partial charge in [-0.1, -0.05) is 18.2 Å². The average Bonchev–Trinajstić information content (AvgIpc) is 3.39. The molecule has 1 aromatic carbocycles. The fourth-order valence-electron chi connectivity index (χ4n) is 2.86. The number of benzene rings is 1. The number of para-hydroxylation sites is 1. The molecule has 0 spiro atoms. The third kappa shape index (κ3) is 3.14. The minimum atomic E-state index is -0.561. The standard InChI is InChI=1S/C19H15N3O4/c23-22(24)19-11-10-16(26-19)9-8-14-13-17(18-7-4-12-25-18)21(20-14)15-5-2-1-3-6-15/h1-12,17H,13H2/b9-8+/t17-/m0/s1. The predicted octanol–water partition coefficient (Wildman–Crippen LogP) is 4.80. The van der Waals surface area contributed by atoms with E-state index in [0.717, 1.165) is 17.2 Å². The van der Waals surface area contributed by atoms with Gasteiger partial charge in [-0.15, -0.1) is 0 Å². The Hall–Kier alpha value is -3.61. The Morgan fingerprint density at radius 3 is 2.65 bits per heavy atom. The van der Waals surface area contributed by atoms with E-state index in [2.05, 4.69) is 5.10 Å². The van der Waals surface area contributed by atoms with Gasteiger partial charge in [0.1, 0.15) is 22.5 Å². The average molecular weight is 349 g/mol. The van der Waals surface area contributed by atoms with E-state index in [1.165, 1.54) is 6.07 Å². The van der Waals surface area contributed by atoms with E-state index in [9.17, 15) is 10.1 Å². The molecule has 1 aliphatic rings. The van der Waals surface area contributed by atoms with E-state index in [-0.39, 0.29) is 11.9 Å². The maximum atomic E-state index is 10.7. The zero-order valence-corrected chi connectivity index (χ0v) is 13.7. The minimum absolute atomic E-state index is 0.0435. The summed E-state index contributed by atoms with van der Waals surface area (Å²) in [7, 11) is 0. The van der Waals surface area contributed by atoms with E-state index in [1.807, 2.05) is 47.5 Å². The molecular formula is C19H15N3O4. The van der Waals surface area contributed by atoms with Gasteiger partial charge in [0.05, 0.1) is 23.7 Å². The molecular weight excluding hydrogens is 334 g/mol. The normalized spacial score (nSPS) is 17.0. The first-order chi connectivity index (χ1) is 12.7. The molecule has 0 saturated heterocycles. The molecule has 4 rings (SSSR count). The van der Waals surface area contributed by atoms with Crippen LogP contribution in [0.4, 0.5) is 11.6 Å². The van der Waals surface area contributed by atoms with Crippen LogP contribution in [0.2, 0.25) is 0 Å². The lowest BCUT2D eigenvalue weighted by Gasteiger charge is -2.21. The van der Waals surface area contributed by atoms with Gasteiger partial charge in [-0.3, -0.25) is 15.1 Å². The first kappa shape index (κ1) is 15.9. The number of allylic oxidation sites excluding steroid dienone is 1. The molecule has 0 saturated carbocycles. The maximum Gasteiger partial charge on any atom is 0.433 e. The summed E-state index contributed by atoms with van der Waals surface area (Å²) < 4.78 is 10.7. The Bertz CT molecular complexity index is 958. The van der Waals surface area contributed by atoms with Gasteiger partial charge in [-0.25, -0.2) is 0 Å². The van der Waals surface area contributed by atoms with Crippen molar-refractivity contribution in [2.24, 2.45) is 5.10 Å². The quantitative estimate of drug-likeness (QED) is 0.488. The number of anilines is 1. The largest absolute Gasteiger partial charge is 0.467 e. The van der Waals surface area contributed by atoms with E-state index in [4.69, 9.17) is 8.83 Å². The molecule has 1 atom stereocenters. The summed E-state index contributed by atoms with van der Waals surface area (Å²) in [6.07, 6.45) is 5.79. The lowest BCUT2D eigenvalue weighted by molar-refractivity contribution is -0.402. The van der Waals surface area contributed by atoms with Gasteiger partial charge in [0.15, 0.2) is 0 Å². The van der Waals surface area contributed by atoms with Crippen molar-refractivity contribution in [3.63, 3.8) is 0 Å². The predicted molar refractivity (Wildman–Crippen MR) is 96.8 cm³/mol. The molecule has 3 heterocycles. The molecule has 7 nitrogen and oxygen atoms in total. The molecule has 0 unspecified atom stereocenters. The molecule has 26 heavy (non-hydrogen) atoms. The lowest BCUT2D eigenvalue weighted by Crippen LogP contribution is -2.17. The SMILES string of the molecule is O=[N+]([O-])c1ccc(/C=C/C2=NN(c3ccccc3)[C@H](c3ccco3)C2)o1. The van der Waals surface area contributed by atoms with E-state index in [0.29, 0.717) is 12.2 Å². The minimum Gasteiger partial charge on any atom is -0.467 e. The Balaban J connectivity index is 1.60. The molecule has 0 fully saturated rings. The number of hydrogen-bond acceptors (Lipinski definition) is 6. The van der Waals surface area contributed by atoms with Crippen LogP contribution in [0.15, 0.2) is 80.9 Å². The third-order valence-corrected chi connectivity index (χ3v) is 4.06. The highest BCUT2D eigenvalue weighted by molar-refractivity contribution is 6.00. The number of hydrogen-bond donors (Lipinski definition) is 0. The summed E-state index contributed by atoms with van der Waals surface area (Å²) in [6, 6.07) is 16.5. The number of rotatable bonds is 5. The van der Waals surface area contributed by atoms with Gasteiger partial charge in [-0.05, 0) is 42.5 Å². The van der Waals surface area contributed by atoms with Gasteiger partial charge >= 0.3 is 5.88 Å². The van der Waals surface area contributed by atoms with Crippen LogP contribution in [0.5, 0.6) is 0 Å². The molecule has 130 valence electrons. The highest BCUT2D eigenvalue weighted by atomic mass is 16.6. The van der Waals surface area contributed by atoms with Crippen molar-refractivity contribution in [1.29, 1.82) is 0 Å². The molecule has 0 amide bonds. The van der Waals surface area contributed by atoms with Gasteiger partial charge in [0.2, 0.25) is 0 Å².